The Balaban J connectivity index is 1.05. The van der Waals surface area contributed by atoms with Gasteiger partial charge in [-0.3, -0.25) is 9.88 Å². The first-order chi connectivity index (χ1) is 19.1. The van der Waals surface area contributed by atoms with Gasteiger partial charge in [0.05, 0.1) is 12.7 Å². The molecule has 0 amide bonds. The quantitative estimate of drug-likeness (QED) is 0.387. The van der Waals surface area contributed by atoms with Crippen molar-refractivity contribution in [2.24, 2.45) is 39.9 Å². The Kier molecular flexibility index (Phi) is 6.90. The van der Waals surface area contributed by atoms with E-state index < -0.39 is 0 Å². The molecule has 9 atom stereocenters. The number of aromatic nitrogens is 1. The molecule has 1 aliphatic heterocycles. The third-order valence-corrected chi connectivity index (χ3v) is 13.2. The highest BCUT2D eigenvalue weighted by Crippen LogP contribution is 2.69. The van der Waals surface area contributed by atoms with Crippen LogP contribution in [0.2, 0.25) is 0 Å². The van der Waals surface area contributed by atoms with Crippen molar-refractivity contribution < 1.29 is 4.74 Å². The van der Waals surface area contributed by atoms with Crippen LogP contribution in [0.25, 0.3) is 10.8 Å². The molecule has 3 heteroatoms. The van der Waals surface area contributed by atoms with E-state index in [9.17, 15) is 0 Å². The van der Waals surface area contributed by atoms with Gasteiger partial charge >= 0.3 is 0 Å². The summed E-state index contributed by atoms with van der Waals surface area (Å²) in [4.78, 5) is 7.27. The second kappa shape index (κ2) is 10.1. The Labute approximate surface area is 243 Å². The molecule has 1 saturated heterocycles. The van der Waals surface area contributed by atoms with Gasteiger partial charge in [-0.15, -0.1) is 0 Å². The van der Waals surface area contributed by atoms with Crippen LogP contribution in [0.15, 0.2) is 36.7 Å². The van der Waals surface area contributed by atoms with E-state index >= 15 is 0 Å². The highest BCUT2D eigenvalue weighted by atomic mass is 16.5. The molecule has 2 aromatic rings. The molecular formula is C37H54N2O. The van der Waals surface area contributed by atoms with Crippen LogP contribution in [-0.4, -0.2) is 41.7 Å². The van der Waals surface area contributed by atoms with Crippen LogP contribution in [0.3, 0.4) is 0 Å². The first kappa shape index (κ1) is 27.4. The molecule has 0 bridgehead atoms. The van der Waals surface area contributed by atoms with Gasteiger partial charge in [-0.05, 0) is 133 Å². The van der Waals surface area contributed by atoms with Gasteiger partial charge in [-0.1, -0.05) is 46.8 Å². The predicted molar refractivity (Wildman–Crippen MR) is 165 cm³/mol. The van der Waals surface area contributed by atoms with E-state index in [2.05, 4.69) is 75.0 Å². The van der Waals surface area contributed by atoms with Crippen molar-refractivity contribution in [2.75, 3.05) is 19.7 Å². The number of hydrogen-bond acceptors (Lipinski definition) is 3. The van der Waals surface area contributed by atoms with Crippen LogP contribution in [0.1, 0.15) is 110 Å². The molecule has 1 aromatic carbocycles. The van der Waals surface area contributed by atoms with Crippen molar-refractivity contribution in [3.05, 3.63) is 42.2 Å². The molecule has 218 valence electrons. The summed E-state index contributed by atoms with van der Waals surface area (Å²) < 4.78 is 6.24. The molecule has 0 radical (unpaired) electrons. The van der Waals surface area contributed by atoms with Crippen LogP contribution >= 0.6 is 0 Å². The summed E-state index contributed by atoms with van der Waals surface area (Å²) in [5, 5.41) is 2.64. The first-order valence-electron chi connectivity index (χ1n) is 16.8. The summed E-state index contributed by atoms with van der Waals surface area (Å²) in [5.41, 5.74) is 2.95. The van der Waals surface area contributed by atoms with E-state index in [1.54, 1.807) is 5.56 Å². The minimum Gasteiger partial charge on any atom is -0.376 e. The highest BCUT2D eigenvalue weighted by molar-refractivity contribution is 5.82. The predicted octanol–water partition coefficient (Wildman–Crippen LogP) is 8.87. The fourth-order valence-corrected chi connectivity index (χ4v) is 11.3. The molecule has 7 rings (SSSR count). The number of hydrogen-bond donors (Lipinski definition) is 0. The molecule has 3 nitrogen and oxygen atoms in total. The molecule has 4 aliphatic carbocycles. The maximum absolute atomic E-state index is 6.24. The van der Waals surface area contributed by atoms with Gasteiger partial charge in [0.25, 0.3) is 0 Å². The summed E-state index contributed by atoms with van der Waals surface area (Å²) in [6.07, 6.45) is 18.6. The van der Waals surface area contributed by atoms with E-state index in [1.807, 2.05) is 6.20 Å². The standard InChI is InChI=1S/C37H54N2O/c1-35(2,3)22-30-24-39(18-19-40-30)29-12-15-36(4)28(21-29)8-9-31-33-11-10-32(37(33,5)16-13-34(31)36)26-7-6-25-14-17-38-23-27(25)20-26/h6-7,14,17,20,23,28-34H,8-13,15-16,18-19,21-22,24H2,1-5H3/t28-,29+,30?,31-,32+,33-,34-,36-,37+/m0/s1. The minimum absolute atomic E-state index is 0.345. The van der Waals surface area contributed by atoms with Crippen molar-refractivity contribution in [2.45, 2.75) is 117 Å². The summed E-state index contributed by atoms with van der Waals surface area (Å²) in [5.74, 6) is 4.44. The number of benzene rings is 1. The smallest absolute Gasteiger partial charge is 0.0707 e. The number of ether oxygens (including phenoxy) is 1. The van der Waals surface area contributed by atoms with E-state index in [-0.39, 0.29) is 0 Å². The molecule has 0 spiro atoms. The molecule has 5 fully saturated rings. The summed E-state index contributed by atoms with van der Waals surface area (Å²) >= 11 is 0. The van der Waals surface area contributed by atoms with Gasteiger partial charge in [0.1, 0.15) is 0 Å². The van der Waals surface area contributed by atoms with Crippen molar-refractivity contribution >= 4 is 10.8 Å². The Morgan fingerprint density at radius 1 is 0.925 bits per heavy atom. The molecule has 4 saturated carbocycles. The van der Waals surface area contributed by atoms with E-state index in [4.69, 9.17) is 4.74 Å². The molecule has 1 aromatic heterocycles. The van der Waals surface area contributed by atoms with E-state index in [1.165, 1.54) is 75.0 Å². The van der Waals surface area contributed by atoms with Crippen LogP contribution in [0, 0.1) is 39.9 Å². The number of nitrogens with zero attached hydrogens (tertiary/aromatic N) is 2. The molecule has 0 N–H and O–H groups in total. The summed E-state index contributed by atoms with van der Waals surface area (Å²) in [7, 11) is 0. The zero-order chi connectivity index (χ0) is 27.7. The first-order valence-corrected chi connectivity index (χ1v) is 16.8. The Morgan fingerprint density at radius 3 is 2.60 bits per heavy atom. The average Bonchev–Trinajstić information content (AvgIpc) is 3.29. The Bertz CT molecular complexity index is 1220. The Hall–Kier alpha value is -1.45. The highest BCUT2D eigenvalue weighted by Gasteiger charge is 2.60. The molecule has 40 heavy (non-hydrogen) atoms. The lowest BCUT2D eigenvalue weighted by Gasteiger charge is -2.62. The number of morpholine rings is 1. The molecule has 1 unspecified atom stereocenters. The van der Waals surface area contributed by atoms with Crippen molar-refractivity contribution in [1.29, 1.82) is 0 Å². The van der Waals surface area contributed by atoms with Gasteiger partial charge < -0.3 is 4.74 Å². The van der Waals surface area contributed by atoms with Crippen molar-refractivity contribution in [1.82, 2.24) is 9.88 Å². The van der Waals surface area contributed by atoms with Crippen LogP contribution in [-0.2, 0) is 4.74 Å². The van der Waals surface area contributed by atoms with Gasteiger partial charge in [0, 0.05) is 36.9 Å². The van der Waals surface area contributed by atoms with Crippen molar-refractivity contribution in [3.63, 3.8) is 0 Å². The minimum atomic E-state index is 0.345. The van der Waals surface area contributed by atoms with Crippen LogP contribution in [0.4, 0.5) is 0 Å². The average molecular weight is 543 g/mol. The molecule has 5 aliphatic rings. The second-order valence-electron chi connectivity index (χ2n) is 16.5. The number of fused-ring (bicyclic) bond motifs is 6. The summed E-state index contributed by atoms with van der Waals surface area (Å²) in [6, 6.07) is 10.2. The maximum Gasteiger partial charge on any atom is 0.0707 e. The normalized spacial score (nSPS) is 42.3. The fourth-order valence-electron chi connectivity index (χ4n) is 11.3. The van der Waals surface area contributed by atoms with Crippen LogP contribution in [0.5, 0.6) is 0 Å². The fraction of sp³-hybridized carbons (Fsp3) is 0.757. The third-order valence-electron chi connectivity index (χ3n) is 13.2. The monoisotopic (exact) mass is 542 g/mol. The lowest BCUT2D eigenvalue weighted by molar-refractivity contribution is -0.127. The van der Waals surface area contributed by atoms with Gasteiger partial charge in [0.15, 0.2) is 0 Å². The lowest BCUT2D eigenvalue weighted by Crippen LogP contribution is -2.57. The lowest BCUT2D eigenvalue weighted by atomic mass is 9.44. The zero-order valence-corrected chi connectivity index (χ0v) is 26.0. The SMILES string of the molecule is CC(C)(C)CC1CN([C@@H]2CC[C@@]3(C)[C@@H](CC[C@@H]4[C@@H]3CC[C@]3(C)[C@@H](c5ccc6ccncc6c5)CC[C@@H]43)C2)CCO1. The molecular weight excluding hydrogens is 488 g/mol. The van der Waals surface area contributed by atoms with Gasteiger partial charge in [-0.25, -0.2) is 0 Å². The third kappa shape index (κ3) is 4.66. The maximum atomic E-state index is 6.24. The van der Waals surface area contributed by atoms with Crippen molar-refractivity contribution in [3.8, 4) is 0 Å². The largest absolute Gasteiger partial charge is 0.376 e. The van der Waals surface area contributed by atoms with E-state index in [0.29, 0.717) is 28.3 Å². The summed E-state index contributed by atoms with van der Waals surface area (Å²) in [6.45, 7) is 15.8. The van der Waals surface area contributed by atoms with Gasteiger partial charge in [0.2, 0.25) is 0 Å². The molecule has 2 heterocycles. The zero-order valence-electron chi connectivity index (χ0n) is 26.0. The topological polar surface area (TPSA) is 25.4 Å². The van der Waals surface area contributed by atoms with E-state index in [0.717, 1.165) is 49.4 Å². The Morgan fingerprint density at radius 2 is 1.75 bits per heavy atom. The second-order valence-corrected chi connectivity index (χ2v) is 16.5. The number of pyridine rings is 1. The van der Waals surface area contributed by atoms with Crippen LogP contribution < -0.4 is 0 Å². The number of rotatable bonds is 3. The van der Waals surface area contributed by atoms with Gasteiger partial charge in [-0.2, -0.15) is 0 Å².